The third-order valence-electron chi connectivity index (χ3n) is 6.11. The number of halogens is 1. The van der Waals surface area contributed by atoms with Crippen LogP contribution in [0.25, 0.3) is 0 Å². The standard InChI is InChI=1S/C23H33FN4O2Si/c1-23(2,3)31(4,5)30-20-10-11-21(25-16-20)26-22(29)17-27-12-14-28(15-13-27)19-8-6-18(24)7-9-19/h6-11,16H,12-15,17H2,1-5H3,(H,25,26,29). The molecule has 0 saturated carbocycles. The van der Waals surface area contributed by atoms with Crippen molar-refractivity contribution in [3.8, 4) is 5.75 Å². The summed E-state index contributed by atoms with van der Waals surface area (Å²) in [5.74, 6) is 0.951. The first-order valence-corrected chi connectivity index (χ1v) is 13.6. The van der Waals surface area contributed by atoms with Gasteiger partial charge in [-0.3, -0.25) is 9.69 Å². The zero-order valence-electron chi connectivity index (χ0n) is 19.1. The number of pyridine rings is 1. The van der Waals surface area contributed by atoms with Crippen LogP contribution in [0.4, 0.5) is 15.9 Å². The van der Waals surface area contributed by atoms with Gasteiger partial charge in [0.05, 0.1) is 12.7 Å². The molecule has 2 heterocycles. The summed E-state index contributed by atoms with van der Waals surface area (Å²) in [7, 11) is -1.91. The number of hydrogen-bond acceptors (Lipinski definition) is 5. The van der Waals surface area contributed by atoms with Gasteiger partial charge in [0, 0.05) is 31.9 Å². The van der Waals surface area contributed by atoms with Crippen LogP contribution in [0.3, 0.4) is 0 Å². The Morgan fingerprint density at radius 3 is 2.29 bits per heavy atom. The summed E-state index contributed by atoms with van der Waals surface area (Å²) >= 11 is 0. The van der Waals surface area contributed by atoms with E-state index in [1.807, 2.05) is 6.07 Å². The van der Waals surface area contributed by atoms with E-state index in [0.29, 0.717) is 12.4 Å². The van der Waals surface area contributed by atoms with Crippen molar-refractivity contribution in [2.24, 2.45) is 0 Å². The highest BCUT2D eigenvalue weighted by Crippen LogP contribution is 2.37. The lowest BCUT2D eigenvalue weighted by Crippen LogP contribution is -2.48. The SMILES string of the molecule is CC(C)(C)[Si](C)(C)Oc1ccc(NC(=O)CN2CCN(c3ccc(F)cc3)CC2)nc1. The molecule has 31 heavy (non-hydrogen) atoms. The van der Waals surface area contributed by atoms with Crippen molar-refractivity contribution < 1.29 is 13.6 Å². The number of nitrogens with zero attached hydrogens (tertiary/aromatic N) is 3. The monoisotopic (exact) mass is 444 g/mol. The van der Waals surface area contributed by atoms with Crippen molar-refractivity contribution in [3.05, 3.63) is 48.4 Å². The second-order valence-electron chi connectivity index (χ2n) is 9.53. The Balaban J connectivity index is 1.46. The molecule has 3 rings (SSSR count). The van der Waals surface area contributed by atoms with Crippen LogP contribution in [0.5, 0.6) is 5.75 Å². The van der Waals surface area contributed by atoms with E-state index in [1.54, 1.807) is 24.4 Å². The second-order valence-corrected chi connectivity index (χ2v) is 14.3. The lowest BCUT2D eigenvalue weighted by atomic mass is 10.2. The molecule has 1 aliphatic rings. The minimum Gasteiger partial charge on any atom is -0.542 e. The summed E-state index contributed by atoms with van der Waals surface area (Å²) in [6.45, 7) is 14.4. The summed E-state index contributed by atoms with van der Waals surface area (Å²) in [6.07, 6.45) is 1.68. The van der Waals surface area contributed by atoms with Gasteiger partial charge in [-0.05, 0) is 54.5 Å². The zero-order chi connectivity index (χ0) is 22.6. The number of aromatic nitrogens is 1. The lowest BCUT2D eigenvalue weighted by molar-refractivity contribution is -0.117. The molecule has 1 aromatic heterocycles. The number of rotatable bonds is 6. The fourth-order valence-corrected chi connectivity index (χ4v) is 4.18. The molecule has 1 aromatic carbocycles. The highest BCUT2D eigenvalue weighted by atomic mass is 28.4. The van der Waals surface area contributed by atoms with Crippen LogP contribution in [0.1, 0.15) is 20.8 Å². The molecule has 168 valence electrons. The number of hydrogen-bond donors (Lipinski definition) is 1. The predicted molar refractivity (Wildman–Crippen MR) is 126 cm³/mol. The van der Waals surface area contributed by atoms with Crippen molar-refractivity contribution >= 4 is 25.7 Å². The molecule has 2 aromatic rings. The number of piperazine rings is 1. The molecule has 0 spiro atoms. The quantitative estimate of drug-likeness (QED) is 0.671. The van der Waals surface area contributed by atoms with Gasteiger partial charge < -0.3 is 14.6 Å². The first-order valence-electron chi connectivity index (χ1n) is 10.7. The number of carbonyl (C=O) groups excluding carboxylic acids is 1. The first-order chi connectivity index (χ1) is 14.5. The minimum absolute atomic E-state index is 0.0826. The first kappa shape index (κ1) is 23.2. The van der Waals surface area contributed by atoms with E-state index >= 15 is 0 Å². The van der Waals surface area contributed by atoms with Crippen LogP contribution in [0, 0.1) is 5.82 Å². The van der Waals surface area contributed by atoms with Crippen molar-refractivity contribution in [1.29, 1.82) is 0 Å². The third-order valence-corrected chi connectivity index (χ3v) is 10.5. The van der Waals surface area contributed by atoms with Crippen LogP contribution in [0.2, 0.25) is 18.1 Å². The Bertz CT molecular complexity index is 874. The summed E-state index contributed by atoms with van der Waals surface area (Å²) in [5.41, 5.74) is 1.01. The Hall–Kier alpha value is -2.45. The Morgan fingerprint density at radius 2 is 1.74 bits per heavy atom. The van der Waals surface area contributed by atoms with Crippen LogP contribution in [-0.4, -0.2) is 56.8 Å². The fraction of sp³-hybridized carbons (Fsp3) is 0.478. The second kappa shape index (κ2) is 9.36. The third kappa shape index (κ3) is 6.27. The molecule has 0 bridgehead atoms. The smallest absolute Gasteiger partial charge is 0.250 e. The van der Waals surface area contributed by atoms with Crippen LogP contribution >= 0.6 is 0 Å². The maximum atomic E-state index is 13.1. The van der Waals surface area contributed by atoms with Gasteiger partial charge in [-0.25, -0.2) is 9.37 Å². The number of nitrogens with one attached hydrogen (secondary N) is 1. The molecule has 8 heteroatoms. The molecule has 0 unspecified atom stereocenters. The van der Waals surface area contributed by atoms with E-state index in [0.717, 1.165) is 37.6 Å². The van der Waals surface area contributed by atoms with Gasteiger partial charge in [-0.2, -0.15) is 0 Å². The molecular weight excluding hydrogens is 411 g/mol. The highest BCUT2D eigenvalue weighted by Gasteiger charge is 2.39. The molecule has 1 saturated heterocycles. The molecule has 0 aliphatic carbocycles. The average Bonchev–Trinajstić information content (AvgIpc) is 2.70. The zero-order valence-corrected chi connectivity index (χ0v) is 20.1. The van der Waals surface area contributed by atoms with E-state index in [1.165, 1.54) is 12.1 Å². The minimum atomic E-state index is -1.91. The van der Waals surface area contributed by atoms with E-state index in [-0.39, 0.29) is 16.8 Å². The molecule has 1 amide bonds. The van der Waals surface area contributed by atoms with Gasteiger partial charge in [0.2, 0.25) is 5.91 Å². The molecule has 6 nitrogen and oxygen atoms in total. The van der Waals surface area contributed by atoms with Gasteiger partial charge in [-0.15, -0.1) is 0 Å². The summed E-state index contributed by atoms with van der Waals surface area (Å²) in [6, 6.07) is 10.2. The molecule has 1 N–H and O–H groups in total. The van der Waals surface area contributed by atoms with Crippen LogP contribution in [0.15, 0.2) is 42.6 Å². The van der Waals surface area contributed by atoms with Gasteiger partial charge in [-0.1, -0.05) is 20.8 Å². The van der Waals surface area contributed by atoms with E-state index < -0.39 is 8.32 Å². The average molecular weight is 445 g/mol. The Labute approximate surface area is 185 Å². The maximum Gasteiger partial charge on any atom is 0.250 e. The maximum absolute atomic E-state index is 13.1. The van der Waals surface area contributed by atoms with Crippen LogP contribution < -0.4 is 14.6 Å². The number of carbonyl (C=O) groups is 1. The van der Waals surface area contributed by atoms with Gasteiger partial charge in [0.25, 0.3) is 8.32 Å². The van der Waals surface area contributed by atoms with Gasteiger partial charge in [0.15, 0.2) is 0 Å². The molecular formula is C23H33FN4O2Si. The van der Waals surface area contributed by atoms with Crippen molar-refractivity contribution in [3.63, 3.8) is 0 Å². The number of benzene rings is 1. The summed E-state index contributed by atoms with van der Waals surface area (Å²) in [4.78, 5) is 21.1. The molecule has 1 fully saturated rings. The largest absolute Gasteiger partial charge is 0.542 e. The molecule has 0 radical (unpaired) electrons. The summed E-state index contributed by atoms with van der Waals surface area (Å²) < 4.78 is 19.3. The predicted octanol–water partition coefficient (Wildman–Crippen LogP) is 4.37. The van der Waals surface area contributed by atoms with Crippen molar-refractivity contribution in [2.75, 3.05) is 42.9 Å². The van der Waals surface area contributed by atoms with E-state index in [9.17, 15) is 9.18 Å². The topological polar surface area (TPSA) is 57.7 Å². The Kier molecular flexibility index (Phi) is 7.01. The lowest BCUT2D eigenvalue weighted by Gasteiger charge is -2.36. The van der Waals surface area contributed by atoms with Crippen molar-refractivity contribution in [1.82, 2.24) is 9.88 Å². The van der Waals surface area contributed by atoms with E-state index in [4.69, 9.17) is 4.43 Å². The molecule has 0 atom stereocenters. The van der Waals surface area contributed by atoms with Crippen LogP contribution in [-0.2, 0) is 4.79 Å². The van der Waals surface area contributed by atoms with Crippen molar-refractivity contribution in [2.45, 2.75) is 38.9 Å². The van der Waals surface area contributed by atoms with Gasteiger partial charge >= 0.3 is 0 Å². The number of anilines is 2. The Morgan fingerprint density at radius 1 is 1.10 bits per heavy atom. The fourth-order valence-electron chi connectivity index (χ4n) is 3.16. The highest BCUT2D eigenvalue weighted by molar-refractivity contribution is 6.74. The summed E-state index contributed by atoms with van der Waals surface area (Å²) in [5, 5.41) is 2.98. The normalized spacial score (nSPS) is 15.6. The van der Waals surface area contributed by atoms with Gasteiger partial charge in [0.1, 0.15) is 17.4 Å². The molecule has 1 aliphatic heterocycles. The number of amides is 1. The van der Waals surface area contributed by atoms with E-state index in [2.05, 4.69) is 54.0 Å².